The van der Waals surface area contributed by atoms with Crippen LogP contribution in [0.5, 0.6) is 0 Å². The molecule has 0 aliphatic rings. The fourth-order valence-corrected chi connectivity index (χ4v) is 3.32. The Kier molecular flexibility index (Phi) is 5.37. The lowest BCUT2D eigenvalue weighted by atomic mass is 10.2. The van der Waals surface area contributed by atoms with Gasteiger partial charge in [0.25, 0.3) is 0 Å². The topological polar surface area (TPSA) is 81.7 Å². The van der Waals surface area contributed by atoms with Crippen molar-refractivity contribution in [2.45, 2.75) is 13.5 Å². The summed E-state index contributed by atoms with van der Waals surface area (Å²) >= 11 is 1.60. The van der Waals surface area contributed by atoms with Crippen molar-refractivity contribution in [1.29, 1.82) is 0 Å². The van der Waals surface area contributed by atoms with Crippen LogP contribution in [-0.2, 0) is 6.54 Å². The van der Waals surface area contributed by atoms with Crippen LogP contribution in [0.15, 0.2) is 49.3 Å². The summed E-state index contributed by atoms with van der Waals surface area (Å²) in [5.41, 5.74) is 9.57. The summed E-state index contributed by atoms with van der Waals surface area (Å²) in [6.07, 6.45) is 11.0. The Labute approximate surface area is 150 Å². The van der Waals surface area contributed by atoms with Crippen LogP contribution in [-0.4, -0.2) is 26.1 Å². The van der Waals surface area contributed by atoms with Gasteiger partial charge in [0.1, 0.15) is 0 Å². The Morgan fingerprint density at radius 1 is 1.36 bits per heavy atom. The van der Waals surface area contributed by atoms with Crippen LogP contribution >= 0.6 is 11.3 Å². The molecule has 3 aromatic rings. The number of imidazole rings is 1. The van der Waals surface area contributed by atoms with Crippen LogP contribution in [0, 0.1) is 0 Å². The molecule has 0 aliphatic heterocycles. The summed E-state index contributed by atoms with van der Waals surface area (Å²) in [6, 6.07) is 3.95. The molecule has 0 aromatic carbocycles. The van der Waals surface area contributed by atoms with Gasteiger partial charge < -0.3 is 15.6 Å². The molecule has 3 heterocycles. The summed E-state index contributed by atoms with van der Waals surface area (Å²) in [6.45, 7) is 7.09. The molecule has 0 unspecified atom stereocenters. The van der Waals surface area contributed by atoms with E-state index in [1.165, 1.54) is 0 Å². The minimum absolute atomic E-state index is 0.558. The number of allylic oxidation sites excluding steroid dienone is 1. The van der Waals surface area contributed by atoms with Crippen molar-refractivity contribution < 1.29 is 0 Å². The third kappa shape index (κ3) is 4.01. The highest BCUT2D eigenvalue weighted by molar-refractivity contribution is 7.18. The standard InChI is InChI=1S/C18H20N6S/c1-3-15-16(24(9-6-19)12-22-15)10-13(2)23-18-21-11-17(25-18)14-4-7-20-8-5-14/h3-5,7-8,10-12H,1,6,9,19H2,2H3,(H,21,23)/b13-10+. The van der Waals surface area contributed by atoms with Gasteiger partial charge in [-0.25, -0.2) is 9.97 Å². The molecule has 0 aliphatic carbocycles. The number of anilines is 1. The van der Waals surface area contributed by atoms with Gasteiger partial charge in [0.05, 0.1) is 22.6 Å². The first-order valence-corrected chi connectivity index (χ1v) is 8.72. The molecule has 0 saturated heterocycles. The second-order valence-electron chi connectivity index (χ2n) is 5.42. The molecule has 6 nitrogen and oxygen atoms in total. The van der Waals surface area contributed by atoms with E-state index in [0.29, 0.717) is 13.1 Å². The van der Waals surface area contributed by atoms with Crippen LogP contribution in [0.1, 0.15) is 18.3 Å². The number of thiazole rings is 1. The van der Waals surface area contributed by atoms with Crippen LogP contribution < -0.4 is 11.1 Å². The Bertz CT molecular complexity index is 878. The maximum absolute atomic E-state index is 5.67. The van der Waals surface area contributed by atoms with E-state index < -0.39 is 0 Å². The van der Waals surface area contributed by atoms with Gasteiger partial charge in [-0.2, -0.15) is 0 Å². The van der Waals surface area contributed by atoms with E-state index in [4.69, 9.17) is 5.73 Å². The Morgan fingerprint density at radius 2 is 2.16 bits per heavy atom. The summed E-state index contributed by atoms with van der Waals surface area (Å²) in [5.74, 6) is 0. The van der Waals surface area contributed by atoms with Gasteiger partial charge in [0, 0.05) is 37.4 Å². The highest BCUT2D eigenvalue weighted by Crippen LogP contribution is 2.29. The number of rotatable bonds is 7. The van der Waals surface area contributed by atoms with E-state index in [-0.39, 0.29) is 0 Å². The van der Waals surface area contributed by atoms with Gasteiger partial charge >= 0.3 is 0 Å². The number of hydrogen-bond donors (Lipinski definition) is 2. The van der Waals surface area contributed by atoms with Crippen molar-refractivity contribution in [3.05, 3.63) is 60.7 Å². The molecule has 0 spiro atoms. The first kappa shape index (κ1) is 17.1. The lowest BCUT2D eigenvalue weighted by Gasteiger charge is -2.07. The van der Waals surface area contributed by atoms with Crippen molar-refractivity contribution in [2.75, 3.05) is 11.9 Å². The zero-order valence-electron chi connectivity index (χ0n) is 14.0. The first-order chi connectivity index (χ1) is 12.2. The molecular weight excluding hydrogens is 332 g/mol. The molecule has 3 rings (SSSR count). The third-order valence-corrected chi connectivity index (χ3v) is 4.56. The molecule has 128 valence electrons. The number of nitrogens with one attached hydrogen (secondary N) is 1. The quantitative estimate of drug-likeness (QED) is 0.680. The minimum atomic E-state index is 0.558. The average Bonchev–Trinajstić information content (AvgIpc) is 3.24. The highest BCUT2D eigenvalue weighted by atomic mass is 32.1. The van der Waals surface area contributed by atoms with E-state index in [1.54, 1.807) is 36.1 Å². The molecular formula is C18H20N6S. The maximum Gasteiger partial charge on any atom is 0.187 e. The molecule has 3 aromatic heterocycles. The van der Waals surface area contributed by atoms with Crippen LogP contribution in [0.2, 0.25) is 0 Å². The number of pyridine rings is 1. The van der Waals surface area contributed by atoms with Gasteiger partial charge in [-0.05, 0) is 36.8 Å². The van der Waals surface area contributed by atoms with E-state index in [0.717, 1.165) is 32.7 Å². The first-order valence-electron chi connectivity index (χ1n) is 7.90. The maximum atomic E-state index is 5.67. The van der Waals surface area contributed by atoms with Gasteiger partial charge in [-0.1, -0.05) is 17.9 Å². The minimum Gasteiger partial charge on any atom is -0.335 e. The van der Waals surface area contributed by atoms with Gasteiger partial charge in [-0.3, -0.25) is 4.98 Å². The molecule has 0 fully saturated rings. The van der Waals surface area contributed by atoms with Crippen molar-refractivity contribution in [1.82, 2.24) is 19.5 Å². The highest BCUT2D eigenvalue weighted by Gasteiger charge is 2.08. The molecule has 0 amide bonds. The third-order valence-electron chi connectivity index (χ3n) is 3.60. The van der Waals surface area contributed by atoms with E-state index in [9.17, 15) is 0 Å². The molecule has 0 radical (unpaired) electrons. The zero-order chi connectivity index (χ0) is 17.6. The molecule has 0 atom stereocenters. The Morgan fingerprint density at radius 3 is 2.88 bits per heavy atom. The SMILES string of the molecule is C=Cc1ncn(CCN)c1/C=C(\C)Nc1ncc(-c2ccncc2)s1. The average molecular weight is 352 g/mol. The number of hydrogen-bond acceptors (Lipinski definition) is 6. The van der Waals surface area contributed by atoms with E-state index in [2.05, 4.69) is 26.8 Å². The van der Waals surface area contributed by atoms with Gasteiger partial charge in [0.2, 0.25) is 0 Å². The monoisotopic (exact) mass is 352 g/mol. The lowest BCUT2D eigenvalue weighted by Crippen LogP contribution is -2.10. The second kappa shape index (κ2) is 7.87. The van der Waals surface area contributed by atoms with E-state index >= 15 is 0 Å². The van der Waals surface area contributed by atoms with Crippen LogP contribution in [0.25, 0.3) is 22.6 Å². The van der Waals surface area contributed by atoms with Crippen molar-refractivity contribution in [2.24, 2.45) is 5.73 Å². The Balaban J connectivity index is 1.80. The molecule has 0 bridgehead atoms. The summed E-state index contributed by atoms with van der Waals surface area (Å²) < 4.78 is 2.02. The molecule has 7 heteroatoms. The molecule has 0 saturated carbocycles. The fraction of sp³-hybridized carbons (Fsp3) is 0.167. The predicted molar refractivity (Wildman–Crippen MR) is 104 cm³/mol. The fourth-order valence-electron chi connectivity index (χ4n) is 2.43. The number of nitrogens with two attached hydrogens (primary N) is 1. The molecule has 3 N–H and O–H groups in total. The zero-order valence-corrected chi connectivity index (χ0v) is 14.8. The largest absolute Gasteiger partial charge is 0.335 e. The second-order valence-corrected chi connectivity index (χ2v) is 6.45. The van der Waals surface area contributed by atoms with Crippen molar-refractivity contribution in [3.8, 4) is 10.4 Å². The normalized spacial score (nSPS) is 11.5. The number of nitrogens with zero attached hydrogens (tertiary/aromatic N) is 4. The van der Waals surface area contributed by atoms with Crippen molar-refractivity contribution >= 4 is 28.6 Å². The Hall–Kier alpha value is -2.77. The van der Waals surface area contributed by atoms with E-state index in [1.807, 2.05) is 35.9 Å². The van der Waals surface area contributed by atoms with Crippen molar-refractivity contribution in [3.63, 3.8) is 0 Å². The predicted octanol–water partition coefficient (Wildman–Crippen LogP) is 3.48. The van der Waals surface area contributed by atoms with Gasteiger partial charge in [0.15, 0.2) is 5.13 Å². The van der Waals surface area contributed by atoms with Crippen LogP contribution in [0.4, 0.5) is 5.13 Å². The number of aromatic nitrogens is 4. The van der Waals surface area contributed by atoms with Crippen LogP contribution in [0.3, 0.4) is 0 Å². The lowest BCUT2D eigenvalue weighted by molar-refractivity contribution is 0.702. The smallest absolute Gasteiger partial charge is 0.187 e. The molecule has 25 heavy (non-hydrogen) atoms. The summed E-state index contributed by atoms with van der Waals surface area (Å²) in [5, 5.41) is 4.18. The summed E-state index contributed by atoms with van der Waals surface area (Å²) in [4.78, 5) is 13.9. The van der Waals surface area contributed by atoms with Gasteiger partial charge in [-0.15, -0.1) is 0 Å². The summed E-state index contributed by atoms with van der Waals surface area (Å²) in [7, 11) is 0.